The lowest BCUT2D eigenvalue weighted by Gasteiger charge is -2.14. The summed E-state index contributed by atoms with van der Waals surface area (Å²) in [6, 6.07) is 8.66. The predicted octanol–water partition coefficient (Wildman–Crippen LogP) is 2.22. The van der Waals surface area contributed by atoms with Gasteiger partial charge in [-0.15, -0.1) is 0 Å². The van der Waals surface area contributed by atoms with Crippen molar-refractivity contribution in [3.8, 4) is 5.75 Å². The largest absolute Gasteiger partial charge is 0.496 e. The van der Waals surface area contributed by atoms with Crippen LogP contribution in [0.25, 0.3) is 0 Å². The number of carboxylic acid groups (broad SMARTS) is 1. The average Bonchev–Trinajstić information content (AvgIpc) is 2.43. The minimum absolute atomic E-state index is 0.229. The van der Waals surface area contributed by atoms with Crippen molar-refractivity contribution in [2.45, 2.75) is 20.4 Å². The van der Waals surface area contributed by atoms with Crippen LogP contribution in [0.3, 0.4) is 0 Å². The number of hydrogen-bond acceptors (Lipinski definition) is 3. The maximum atomic E-state index is 12.3. The first-order valence-corrected chi connectivity index (χ1v) is 6.51. The number of aryl methyl sites for hydroxylation is 2. The summed E-state index contributed by atoms with van der Waals surface area (Å²) in [5, 5.41) is 9.05. The highest BCUT2D eigenvalue weighted by molar-refractivity contribution is 5.87. The standard InChI is InChI=1S/C16H17NO4/c1-10-4-7-14(21-3)12(8-10)9-17-11(2)5-6-13(15(17)18)16(19)20/h4-8H,9H2,1-3H3,(H,19,20). The van der Waals surface area contributed by atoms with Crippen LogP contribution in [0.5, 0.6) is 5.75 Å². The van der Waals surface area contributed by atoms with Gasteiger partial charge in [-0.1, -0.05) is 17.7 Å². The summed E-state index contributed by atoms with van der Waals surface area (Å²) in [7, 11) is 1.57. The van der Waals surface area contributed by atoms with Gasteiger partial charge in [0, 0.05) is 11.3 Å². The molecular formula is C16H17NO4. The smallest absolute Gasteiger partial charge is 0.341 e. The molecule has 2 rings (SSSR count). The van der Waals surface area contributed by atoms with E-state index < -0.39 is 11.5 Å². The Morgan fingerprint density at radius 2 is 1.95 bits per heavy atom. The van der Waals surface area contributed by atoms with Gasteiger partial charge in [-0.25, -0.2) is 4.79 Å². The zero-order valence-electron chi connectivity index (χ0n) is 12.2. The molecular weight excluding hydrogens is 270 g/mol. The Hall–Kier alpha value is -2.56. The summed E-state index contributed by atoms with van der Waals surface area (Å²) in [5.41, 5.74) is 1.85. The van der Waals surface area contributed by atoms with E-state index in [-0.39, 0.29) is 12.1 Å². The van der Waals surface area contributed by atoms with Crippen LogP contribution < -0.4 is 10.3 Å². The van der Waals surface area contributed by atoms with Gasteiger partial charge >= 0.3 is 5.97 Å². The second-order valence-corrected chi connectivity index (χ2v) is 4.90. The highest BCUT2D eigenvalue weighted by Gasteiger charge is 2.14. The second kappa shape index (κ2) is 5.83. The molecule has 0 radical (unpaired) electrons. The van der Waals surface area contributed by atoms with Crippen LogP contribution in [0.4, 0.5) is 0 Å². The summed E-state index contributed by atoms with van der Waals surface area (Å²) in [5.74, 6) is -0.544. The fraction of sp³-hybridized carbons (Fsp3) is 0.250. The number of nitrogens with zero attached hydrogens (tertiary/aromatic N) is 1. The lowest BCUT2D eigenvalue weighted by atomic mass is 10.1. The van der Waals surface area contributed by atoms with E-state index >= 15 is 0 Å². The van der Waals surface area contributed by atoms with Crippen LogP contribution >= 0.6 is 0 Å². The van der Waals surface area contributed by atoms with Gasteiger partial charge in [-0.3, -0.25) is 4.79 Å². The zero-order valence-corrected chi connectivity index (χ0v) is 12.2. The van der Waals surface area contributed by atoms with E-state index in [2.05, 4.69) is 0 Å². The predicted molar refractivity (Wildman–Crippen MR) is 79.2 cm³/mol. The highest BCUT2D eigenvalue weighted by atomic mass is 16.5. The van der Waals surface area contributed by atoms with Crippen LogP contribution in [0.15, 0.2) is 35.1 Å². The normalized spacial score (nSPS) is 10.4. The Labute approximate surface area is 122 Å². The maximum absolute atomic E-state index is 12.3. The van der Waals surface area contributed by atoms with Gasteiger partial charge in [0.25, 0.3) is 5.56 Å². The molecule has 5 nitrogen and oxygen atoms in total. The molecule has 0 aliphatic rings. The highest BCUT2D eigenvalue weighted by Crippen LogP contribution is 2.20. The number of methoxy groups -OCH3 is 1. The summed E-state index contributed by atoms with van der Waals surface area (Å²) in [6.45, 7) is 4.00. The fourth-order valence-corrected chi connectivity index (χ4v) is 2.23. The van der Waals surface area contributed by atoms with E-state index in [4.69, 9.17) is 9.84 Å². The molecule has 0 fully saturated rings. The van der Waals surface area contributed by atoms with Crippen LogP contribution in [-0.4, -0.2) is 22.8 Å². The quantitative estimate of drug-likeness (QED) is 0.936. The fourth-order valence-electron chi connectivity index (χ4n) is 2.23. The van der Waals surface area contributed by atoms with Gasteiger partial charge in [0.2, 0.25) is 0 Å². The van der Waals surface area contributed by atoms with Crippen LogP contribution in [0.1, 0.15) is 27.2 Å². The van der Waals surface area contributed by atoms with Gasteiger partial charge in [0.1, 0.15) is 11.3 Å². The number of pyridine rings is 1. The summed E-state index contributed by atoms with van der Waals surface area (Å²) in [4.78, 5) is 23.3. The third kappa shape index (κ3) is 2.97. The number of aromatic nitrogens is 1. The Morgan fingerprint density at radius 1 is 1.24 bits per heavy atom. The van der Waals surface area contributed by atoms with Crippen LogP contribution in [0.2, 0.25) is 0 Å². The molecule has 2 aromatic rings. The summed E-state index contributed by atoms with van der Waals surface area (Å²) >= 11 is 0. The molecule has 0 unspecified atom stereocenters. The molecule has 0 aliphatic heterocycles. The van der Waals surface area contributed by atoms with Crippen LogP contribution in [0, 0.1) is 13.8 Å². The topological polar surface area (TPSA) is 68.5 Å². The Morgan fingerprint density at radius 3 is 2.57 bits per heavy atom. The van der Waals surface area contributed by atoms with Crippen molar-refractivity contribution in [1.29, 1.82) is 0 Å². The molecule has 0 saturated carbocycles. The zero-order chi connectivity index (χ0) is 15.6. The molecule has 0 bridgehead atoms. The van der Waals surface area contributed by atoms with Gasteiger partial charge in [-0.05, 0) is 32.0 Å². The summed E-state index contributed by atoms with van der Waals surface area (Å²) < 4.78 is 6.74. The number of benzene rings is 1. The third-order valence-corrected chi connectivity index (χ3v) is 3.39. The Kier molecular flexibility index (Phi) is 4.12. The van der Waals surface area contributed by atoms with E-state index in [0.29, 0.717) is 11.4 Å². The molecule has 1 aromatic carbocycles. The van der Waals surface area contributed by atoms with E-state index in [1.165, 1.54) is 10.6 Å². The van der Waals surface area contributed by atoms with Crippen molar-refractivity contribution >= 4 is 5.97 Å². The monoisotopic (exact) mass is 287 g/mol. The molecule has 0 aliphatic carbocycles. The number of hydrogen-bond donors (Lipinski definition) is 1. The third-order valence-electron chi connectivity index (χ3n) is 3.39. The molecule has 1 heterocycles. The SMILES string of the molecule is COc1ccc(C)cc1Cn1c(C)ccc(C(=O)O)c1=O. The minimum Gasteiger partial charge on any atom is -0.496 e. The van der Waals surface area contributed by atoms with Crippen molar-refractivity contribution in [3.63, 3.8) is 0 Å². The van der Waals surface area contributed by atoms with Crippen LogP contribution in [-0.2, 0) is 6.54 Å². The van der Waals surface area contributed by atoms with Crippen molar-refractivity contribution < 1.29 is 14.6 Å². The molecule has 21 heavy (non-hydrogen) atoms. The van der Waals surface area contributed by atoms with Crippen molar-refractivity contribution in [3.05, 3.63) is 63.1 Å². The molecule has 0 saturated heterocycles. The van der Waals surface area contributed by atoms with Crippen molar-refractivity contribution in [2.24, 2.45) is 0 Å². The maximum Gasteiger partial charge on any atom is 0.341 e. The molecule has 0 amide bonds. The van der Waals surface area contributed by atoms with Crippen molar-refractivity contribution in [1.82, 2.24) is 4.57 Å². The first-order valence-electron chi connectivity index (χ1n) is 6.51. The summed E-state index contributed by atoms with van der Waals surface area (Å²) in [6.07, 6.45) is 0. The Bertz CT molecular complexity index is 746. The number of ether oxygens (including phenoxy) is 1. The molecule has 5 heteroatoms. The Balaban J connectivity index is 2.54. The van der Waals surface area contributed by atoms with Gasteiger partial charge < -0.3 is 14.4 Å². The number of carboxylic acids is 1. The van der Waals surface area contributed by atoms with E-state index in [0.717, 1.165) is 11.1 Å². The van der Waals surface area contributed by atoms with Gasteiger partial charge in [-0.2, -0.15) is 0 Å². The minimum atomic E-state index is -1.22. The van der Waals surface area contributed by atoms with E-state index in [9.17, 15) is 9.59 Å². The van der Waals surface area contributed by atoms with E-state index in [1.54, 1.807) is 20.1 Å². The lowest BCUT2D eigenvalue weighted by molar-refractivity contribution is 0.0694. The first-order chi connectivity index (χ1) is 9.93. The molecule has 1 N–H and O–H groups in total. The molecule has 110 valence electrons. The lowest BCUT2D eigenvalue weighted by Crippen LogP contribution is -2.28. The van der Waals surface area contributed by atoms with Gasteiger partial charge in [0.15, 0.2) is 0 Å². The molecule has 0 atom stereocenters. The second-order valence-electron chi connectivity index (χ2n) is 4.90. The number of carbonyl (C=O) groups is 1. The van der Waals surface area contributed by atoms with E-state index in [1.807, 2.05) is 25.1 Å². The first kappa shape index (κ1) is 14.8. The molecule has 1 aromatic heterocycles. The van der Waals surface area contributed by atoms with Gasteiger partial charge in [0.05, 0.1) is 13.7 Å². The molecule has 0 spiro atoms. The van der Waals surface area contributed by atoms with Crippen molar-refractivity contribution in [2.75, 3.05) is 7.11 Å². The number of rotatable bonds is 4. The number of aromatic carboxylic acids is 1. The average molecular weight is 287 g/mol.